The van der Waals surface area contributed by atoms with Crippen LogP contribution in [0.5, 0.6) is 5.75 Å². The number of carbonyl (C=O) groups is 1. The van der Waals surface area contributed by atoms with Crippen LogP contribution in [-0.4, -0.2) is 19.0 Å². The molecular weight excluding hydrogens is 278 g/mol. The van der Waals surface area contributed by atoms with Crippen molar-refractivity contribution in [1.82, 2.24) is 4.57 Å². The predicted molar refractivity (Wildman–Crippen MR) is 67.3 cm³/mol. The SMILES string of the molecule is CC(=O)Oc1cccc2c(S(=O)(=O)Cl)cn(C)c12. The number of rotatable bonds is 2. The Balaban J connectivity index is 2.80. The summed E-state index contributed by atoms with van der Waals surface area (Å²) in [7, 11) is 3.17. The second-order valence-electron chi connectivity index (χ2n) is 3.79. The lowest BCUT2D eigenvalue weighted by Crippen LogP contribution is -2.02. The summed E-state index contributed by atoms with van der Waals surface area (Å²) in [6.07, 6.45) is 1.39. The van der Waals surface area contributed by atoms with Crippen LogP contribution in [0.3, 0.4) is 0 Å². The third-order valence-electron chi connectivity index (χ3n) is 2.44. The smallest absolute Gasteiger partial charge is 0.308 e. The van der Waals surface area contributed by atoms with E-state index in [1.54, 1.807) is 29.8 Å². The van der Waals surface area contributed by atoms with E-state index in [4.69, 9.17) is 15.4 Å². The molecule has 0 aliphatic rings. The number of hydrogen-bond donors (Lipinski definition) is 0. The van der Waals surface area contributed by atoms with Crippen LogP contribution >= 0.6 is 10.7 Å². The number of aryl methyl sites for hydroxylation is 1. The Morgan fingerprint density at radius 2 is 2.06 bits per heavy atom. The molecule has 7 heteroatoms. The zero-order valence-electron chi connectivity index (χ0n) is 9.68. The second-order valence-corrected chi connectivity index (χ2v) is 6.32. The Morgan fingerprint density at radius 1 is 1.39 bits per heavy atom. The van der Waals surface area contributed by atoms with Crippen molar-refractivity contribution in [3.05, 3.63) is 24.4 Å². The number of halogens is 1. The summed E-state index contributed by atoms with van der Waals surface area (Å²) >= 11 is 0. The number of fused-ring (bicyclic) bond motifs is 1. The molecule has 1 heterocycles. The number of ether oxygens (including phenoxy) is 1. The fourth-order valence-electron chi connectivity index (χ4n) is 1.83. The predicted octanol–water partition coefficient (Wildman–Crippen LogP) is 2.03. The molecule has 0 amide bonds. The Bertz CT molecular complexity index is 733. The van der Waals surface area contributed by atoms with Gasteiger partial charge in [0.1, 0.15) is 4.90 Å². The van der Waals surface area contributed by atoms with Crippen molar-refractivity contribution in [2.45, 2.75) is 11.8 Å². The second kappa shape index (κ2) is 4.29. The van der Waals surface area contributed by atoms with Crippen molar-refractivity contribution in [3.8, 4) is 5.75 Å². The number of aromatic nitrogens is 1. The van der Waals surface area contributed by atoms with Crippen LogP contribution in [0.15, 0.2) is 29.3 Å². The van der Waals surface area contributed by atoms with E-state index in [-0.39, 0.29) is 4.90 Å². The van der Waals surface area contributed by atoms with Gasteiger partial charge in [0, 0.05) is 36.2 Å². The minimum Gasteiger partial charge on any atom is -0.424 e. The lowest BCUT2D eigenvalue weighted by atomic mass is 10.2. The normalized spacial score (nSPS) is 11.7. The molecule has 5 nitrogen and oxygen atoms in total. The molecule has 0 fully saturated rings. The van der Waals surface area contributed by atoms with E-state index in [1.807, 2.05) is 0 Å². The van der Waals surface area contributed by atoms with Crippen LogP contribution in [0.2, 0.25) is 0 Å². The number of nitrogens with zero attached hydrogens (tertiary/aromatic N) is 1. The number of benzene rings is 1. The lowest BCUT2D eigenvalue weighted by molar-refractivity contribution is -0.131. The van der Waals surface area contributed by atoms with Crippen LogP contribution in [0.1, 0.15) is 6.92 Å². The van der Waals surface area contributed by atoms with Gasteiger partial charge in [-0.25, -0.2) is 8.42 Å². The average Bonchev–Trinajstić information content (AvgIpc) is 2.56. The minimum absolute atomic E-state index is 0.00401. The van der Waals surface area contributed by atoms with Crippen molar-refractivity contribution in [2.75, 3.05) is 0 Å². The van der Waals surface area contributed by atoms with Gasteiger partial charge in [0.2, 0.25) is 0 Å². The summed E-state index contributed by atoms with van der Waals surface area (Å²) in [5.74, 6) is -0.173. The van der Waals surface area contributed by atoms with Crippen molar-refractivity contribution in [3.63, 3.8) is 0 Å². The highest BCUT2D eigenvalue weighted by atomic mass is 35.7. The monoisotopic (exact) mass is 287 g/mol. The molecule has 0 radical (unpaired) electrons. The molecular formula is C11H10ClNO4S. The zero-order chi connectivity index (χ0) is 13.5. The quantitative estimate of drug-likeness (QED) is 0.481. The molecule has 0 N–H and O–H groups in total. The summed E-state index contributed by atoms with van der Waals surface area (Å²) in [4.78, 5) is 11.0. The number of para-hydroxylation sites is 1. The third kappa shape index (κ3) is 2.21. The van der Waals surface area contributed by atoms with Crippen LogP contribution < -0.4 is 4.74 Å². The van der Waals surface area contributed by atoms with Gasteiger partial charge in [-0.3, -0.25) is 4.79 Å². The van der Waals surface area contributed by atoms with E-state index in [9.17, 15) is 13.2 Å². The van der Waals surface area contributed by atoms with Gasteiger partial charge in [-0.1, -0.05) is 12.1 Å². The maximum Gasteiger partial charge on any atom is 0.308 e. The van der Waals surface area contributed by atoms with Gasteiger partial charge in [0.05, 0.1) is 5.52 Å². The summed E-state index contributed by atoms with van der Waals surface area (Å²) in [5, 5.41) is 0.422. The molecule has 0 saturated carbocycles. The number of carbonyl (C=O) groups excluding carboxylic acids is 1. The molecule has 18 heavy (non-hydrogen) atoms. The van der Waals surface area contributed by atoms with Crippen molar-refractivity contribution >= 4 is 36.6 Å². The van der Waals surface area contributed by atoms with Gasteiger partial charge in [-0.2, -0.15) is 0 Å². The Kier molecular flexibility index (Phi) is 3.08. The van der Waals surface area contributed by atoms with E-state index in [0.717, 1.165) is 0 Å². The van der Waals surface area contributed by atoms with E-state index in [2.05, 4.69) is 0 Å². The van der Waals surface area contributed by atoms with Crippen molar-refractivity contribution < 1.29 is 17.9 Å². The van der Waals surface area contributed by atoms with E-state index < -0.39 is 15.0 Å². The van der Waals surface area contributed by atoms with Gasteiger partial charge in [-0.15, -0.1) is 0 Å². The number of hydrogen-bond acceptors (Lipinski definition) is 4. The number of esters is 1. The molecule has 2 aromatic rings. The van der Waals surface area contributed by atoms with Crippen LogP contribution in [0.25, 0.3) is 10.9 Å². The van der Waals surface area contributed by atoms with E-state index >= 15 is 0 Å². The summed E-state index contributed by atoms with van der Waals surface area (Å²) in [6.45, 7) is 1.28. The Labute approximate surface area is 108 Å². The maximum atomic E-state index is 11.4. The van der Waals surface area contributed by atoms with E-state index in [0.29, 0.717) is 16.7 Å². The first kappa shape index (κ1) is 12.9. The van der Waals surface area contributed by atoms with Crippen LogP contribution in [-0.2, 0) is 20.9 Å². The fraction of sp³-hybridized carbons (Fsp3) is 0.182. The highest BCUT2D eigenvalue weighted by Crippen LogP contribution is 2.33. The minimum atomic E-state index is -3.84. The molecule has 0 unspecified atom stereocenters. The summed E-state index contributed by atoms with van der Waals surface area (Å²) in [6, 6.07) is 4.80. The molecule has 0 spiro atoms. The highest BCUT2D eigenvalue weighted by molar-refractivity contribution is 8.14. The molecule has 0 saturated heterocycles. The summed E-state index contributed by atoms with van der Waals surface area (Å²) < 4.78 is 29.5. The van der Waals surface area contributed by atoms with Crippen LogP contribution in [0.4, 0.5) is 0 Å². The van der Waals surface area contributed by atoms with E-state index in [1.165, 1.54) is 13.1 Å². The fourth-order valence-corrected chi connectivity index (χ4v) is 2.91. The van der Waals surface area contributed by atoms with Crippen molar-refractivity contribution in [1.29, 1.82) is 0 Å². The van der Waals surface area contributed by atoms with Gasteiger partial charge in [0.25, 0.3) is 9.05 Å². The molecule has 2 rings (SSSR count). The first-order chi connectivity index (χ1) is 8.30. The zero-order valence-corrected chi connectivity index (χ0v) is 11.2. The highest BCUT2D eigenvalue weighted by Gasteiger charge is 2.20. The molecule has 0 atom stereocenters. The molecule has 0 bridgehead atoms. The average molecular weight is 288 g/mol. The Hall–Kier alpha value is -1.53. The van der Waals surface area contributed by atoms with Gasteiger partial charge in [0.15, 0.2) is 5.75 Å². The topological polar surface area (TPSA) is 65.4 Å². The standard InChI is InChI=1S/C11H10ClNO4S/c1-7(14)17-9-5-3-4-8-10(18(12,15)16)6-13(2)11(8)9/h3-6H,1-2H3. The van der Waals surface area contributed by atoms with Crippen molar-refractivity contribution in [2.24, 2.45) is 7.05 Å². The molecule has 0 aliphatic heterocycles. The van der Waals surface area contributed by atoms with Gasteiger partial charge in [-0.05, 0) is 6.07 Å². The lowest BCUT2D eigenvalue weighted by Gasteiger charge is -2.04. The molecule has 96 valence electrons. The largest absolute Gasteiger partial charge is 0.424 e. The Morgan fingerprint density at radius 3 is 2.61 bits per heavy atom. The van der Waals surface area contributed by atoms with Gasteiger partial charge < -0.3 is 9.30 Å². The maximum absolute atomic E-state index is 11.4. The first-order valence-electron chi connectivity index (χ1n) is 5.02. The first-order valence-corrected chi connectivity index (χ1v) is 7.33. The third-order valence-corrected chi connectivity index (χ3v) is 3.79. The summed E-state index contributed by atoms with van der Waals surface area (Å²) in [5.41, 5.74) is 0.506. The molecule has 0 aliphatic carbocycles. The van der Waals surface area contributed by atoms with Crippen LogP contribution in [0, 0.1) is 0 Å². The van der Waals surface area contributed by atoms with Gasteiger partial charge >= 0.3 is 5.97 Å². The molecule has 1 aromatic carbocycles. The molecule has 1 aromatic heterocycles.